The summed E-state index contributed by atoms with van der Waals surface area (Å²) in [4.78, 5) is 6.85. The Morgan fingerprint density at radius 1 is 1.32 bits per heavy atom. The summed E-state index contributed by atoms with van der Waals surface area (Å²) >= 11 is 1.65. The molecule has 0 aliphatic rings. The molecule has 0 aliphatic carbocycles. The van der Waals surface area contributed by atoms with E-state index >= 15 is 0 Å². The molecule has 0 saturated carbocycles. The van der Waals surface area contributed by atoms with Gasteiger partial charge in [0.25, 0.3) is 0 Å². The van der Waals surface area contributed by atoms with Crippen molar-refractivity contribution >= 4 is 11.3 Å². The van der Waals surface area contributed by atoms with Gasteiger partial charge in [0.15, 0.2) is 0 Å². The average molecular weight is 275 g/mol. The van der Waals surface area contributed by atoms with Crippen molar-refractivity contribution in [3.63, 3.8) is 0 Å². The predicted octanol–water partition coefficient (Wildman–Crippen LogP) is 3.10. The van der Waals surface area contributed by atoms with Gasteiger partial charge in [0.1, 0.15) is 5.01 Å². The minimum absolute atomic E-state index is 0.0282. The van der Waals surface area contributed by atoms with Crippen molar-refractivity contribution in [2.75, 3.05) is 7.05 Å². The summed E-state index contributed by atoms with van der Waals surface area (Å²) in [6, 6.07) is 8.53. The summed E-state index contributed by atoms with van der Waals surface area (Å²) in [5.41, 5.74) is 9.65. The van der Waals surface area contributed by atoms with E-state index in [9.17, 15) is 0 Å². The van der Waals surface area contributed by atoms with Gasteiger partial charge < -0.3 is 5.73 Å². The molecular weight excluding hydrogens is 254 g/mol. The van der Waals surface area contributed by atoms with Crippen LogP contribution in [-0.4, -0.2) is 16.9 Å². The van der Waals surface area contributed by atoms with Crippen molar-refractivity contribution in [3.05, 3.63) is 51.5 Å². The van der Waals surface area contributed by atoms with Gasteiger partial charge >= 0.3 is 0 Å². The molecule has 0 aliphatic heterocycles. The van der Waals surface area contributed by atoms with E-state index in [1.165, 1.54) is 11.1 Å². The van der Waals surface area contributed by atoms with Crippen LogP contribution in [0.5, 0.6) is 0 Å². The molecule has 1 aromatic heterocycles. The van der Waals surface area contributed by atoms with Gasteiger partial charge in [-0.25, -0.2) is 4.98 Å². The molecule has 1 aromatic carbocycles. The second kappa shape index (κ2) is 6.28. The maximum atomic E-state index is 5.84. The number of benzene rings is 1. The lowest BCUT2D eigenvalue weighted by Gasteiger charge is -2.16. The van der Waals surface area contributed by atoms with Crippen LogP contribution < -0.4 is 5.73 Å². The SMILES string of the molecule is Cc1ccccc1CN(C)Cc1csc(C(C)N)n1. The number of aryl methyl sites for hydroxylation is 1. The molecule has 102 valence electrons. The summed E-state index contributed by atoms with van der Waals surface area (Å²) in [7, 11) is 2.12. The van der Waals surface area contributed by atoms with Gasteiger partial charge in [-0.2, -0.15) is 0 Å². The predicted molar refractivity (Wildman–Crippen MR) is 81.1 cm³/mol. The van der Waals surface area contributed by atoms with E-state index in [0.717, 1.165) is 23.8 Å². The van der Waals surface area contributed by atoms with E-state index in [4.69, 9.17) is 5.73 Å². The van der Waals surface area contributed by atoms with E-state index in [-0.39, 0.29) is 6.04 Å². The average Bonchev–Trinajstić information content (AvgIpc) is 2.80. The molecule has 1 atom stereocenters. The van der Waals surface area contributed by atoms with Gasteiger partial charge in [-0.05, 0) is 32.0 Å². The molecule has 0 bridgehead atoms. The summed E-state index contributed by atoms with van der Waals surface area (Å²) < 4.78 is 0. The maximum absolute atomic E-state index is 5.84. The highest BCUT2D eigenvalue weighted by molar-refractivity contribution is 7.09. The lowest BCUT2D eigenvalue weighted by molar-refractivity contribution is 0.315. The van der Waals surface area contributed by atoms with E-state index in [0.29, 0.717) is 0 Å². The first-order chi connectivity index (χ1) is 9.06. The first-order valence-corrected chi connectivity index (χ1v) is 7.37. The molecule has 0 fully saturated rings. The number of nitrogens with two attached hydrogens (primary N) is 1. The highest BCUT2D eigenvalue weighted by Gasteiger charge is 2.09. The van der Waals surface area contributed by atoms with Crippen molar-refractivity contribution < 1.29 is 0 Å². The number of nitrogens with zero attached hydrogens (tertiary/aromatic N) is 2. The van der Waals surface area contributed by atoms with Crippen LogP contribution in [0.1, 0.15) is 34.8 Å². The molecule has 2 rings (SSSR count). The molecule has 1 heterocycles. The first kappa shape index (κ1) is 14.2. The van der Waals surface area contributed by atoms with Gasteiger partial charge in [-0.1, -0.05) is 24.3 Å². The Labute approximate surface area is 119 Å². The fourth-order valence-electron chi connectivity index (χ4n) is 2.02. The number of hydrogen-bond acceptors (Lipinski definition) is 4. The molecule has 0 radical (unpaired) electrons. The Morgan fingerprint density at radius 3 is 2.68 bits per heavy atom. The standard InChI is InChI=1S/C15H21N3S/c1-11-6-4-5-7-13(11)8-18(3)9-14-10-19-15(17-14)12(2)16/h4-7,10,12H,8-9,16H2,1-3H3. The van der Waals surface area contributed by atoms with E-state index < -0.39 is 0 Å². The molecule has 0 spiro atoms. The van der Waals surface area contributed by atoms with Crippen LogP contribution in [-0.2, 0) is 13.1 Å². The highest BCUT2D eigenvalue weighted by Crippen LogP contribution is 2.17. The fraction of sp³-hybridized carbons (Fsp3) is 0.400. The Balaban J connectivity index is 1.97. The van der Waals surface area contributed by atoms with Crippen molar-refractivity contribution in [2.24, 2.45) is 5.73 Å². The molecule has 1 unspecified atom stereocenters. The summed E-state index contributed by atoms with van der Waals surface area (Å²) in [5.74, 6) is 0. The van der Waals surface area contributed by atoms with E-state index in [1.807, 2.05) is 6.92 Å². The molecule has 2 aromatic rings. The third kappa shape index (κ3) is 3.86. The number of hydrogen-bond donors (Lipinski definition) is 1. The zero-order chi connectivity index (χ0) is 13.8. The second-order valence-corrected chi connectivity index (χ2v) is 5.95. The lowest BCUT2D eigenvalue weighted by atomic mass is 10.1. The zero-order valence-corrected chi connectivity index (χ0v) is 12.6. The van der Waals surface area contributed by atoms with Crippen LogP contribution in [0.2, 0.25) is 0 Å². The summed E-state index contributed by atoms with van der Waals surface area (Å²) in [6.07, 6.45) is 0. The maximum Gasteiger partial charge on any atom is 0.109 e. The Morgan fingerprint density at radius 2 is 2.05 bits per heavy atom. The molecule has 0 saturated heterocycles. The Bertz CT molecular complexity index is 534. The zero-order valence-electron chi connectivity index (χ0n) is 11.8. The summed E-state index contributed by atoms with van der Waals surface area (Å²) in [5, 5.41) is 3.12. The highest BCUT2D eigenvalue weighted by atomic mass is 32.1. The molecule has 2 N–H and O–H groups in total. The third-order valence-electron chi connectivity index (χ3n) is 3.09. The molecule has 0 amide bonds. The van der Waals surface area contributed by atoms with Crippen LogP contribution in [0.25, 0.3) is 0 Å². The van der Waals surface area contributed by atoms with Crippen LogP contribution in [0.4, 0.5) is 0 Å². The molecule has 3 nitrogen and oxygen atoms in total. The summed E-state index contributed by atoms with van der Waals surface area (Å²) in [6.45, 7) is 5.93. The van der Waals surface area contributed by atoms with Gasteiger partial charge in [0.2, 0.25) is 0 Å². The smallest absolute Gasteiger partial charge is 0.109 e. The van der Waals surface area contributed by atoms with Crippen LogP contribution in [0.3, 0.4) is 0 Å². The van der Waals surface area contributed by atoms with Gasteiger partial charge in [0, 0.05) is 18.5 Å². The largest absolute Gasteiger partial charge is 0.322 e. The Kier molecular flexibility index (Phi) is 4.69. The van der Waals surface area contributed by atoms with Crippen molar-refractivity contribution in [1.82, 2.24) is 9.88 Å². The van der Waals surface area contributed by atoms with Gasteiger partial charge in [-0.3, -0.25) is 4.90 Å². The number of thiazole rings is 1. The topological polar surface area (TPSA) is 42.1 Å². The first-order valence-electron chi connectivity index (χ1n) is 6.49. The van der Waals surface area contributed by atoms with Crippen LogP contribution >= 0.6 is 11.3 Å². The fourth-order valence-corrected chi connectivity index (χ4v) is 2.78. The Hall–Kier alpha value is -1.23. The second-order valence-electron chi connectivity index (χ2n) is 5.06. The normalized spacial score (nSPS) is 12.9. The van der Waals surface area contributed by atoms with Crippen LogP contribution in [0, 0.1) is 6.92 Å². The minimum Gasteiger partial charge on any atom is -0.322 e. The number of rotatable bonds is 5. The molecular formula is C15H21N3S. The van der Waals surface area contributed by atoms with Gasteiger partial charge in [-0.15, -0.1) is 11.3 Å². The minimum atomic E-state index is 0.0282. The van der Waals surface area contributed by atoms with Crippen molar-refractivity contribution in [3.8, 4) is 0 Å². The van der Waals surface area contributed by atoms with Gasteiger partial charge in [0.05, 0.1) is 11.7 Å². The van der Waals surface area contributed by atoms with E-state index in [2.05, 4.69) is 53.5 Å². The quantitative estimate of drug-likeness (QED) is 0.911. The molecule has 4 heteroatoms. The van der Waals surface area contributed by atoms with Crippen molar-refractivity contribution in [2.45, 2.75) is 33.0 Å². The number of aromatic nitrogens is 1. The van der Waals surface area contributed by atoms with Crippen LogP contribution in [0.15, 0.2) is 29.6 Å². The van der Waals surface area contributed by atoms with E-state index in [1.54, 1.807) is 11.3 Å². The van der Waals surface area contributed by atoms with Crippen molar-refractivity contribution in [1.29, 1.82) is 0 Å². The monoisotopic (exact) mass is 275 g/mol. The third-order valence-corrected chi connectivity index (χ3v) is 4.19. The lowest BCUT2D eigenvalue weighted by Crippen LogP contribution is -2.18. The molecule has 19 heavy (non-hydrogen) atoms.